The second-order valence-electron chi connectivity index (χ2n) is 6.94. The number of nitrogens with one attached hydrogen (secondary N) is 1. The number of piperidine rings is 1. The van der Waals surface area contributed by atoms with Crippen molar-refractivity contribution in [1.82, 2.24) is 25.1 Å². The molecule has 1 aromatic carbocycles. The van der Waals surface area contributed by atoms with Crippen LogP contribution in [0.5, 0.6) is 5.75 Å². The van der Waals surface area contributed by atoms with Gasteiger partial charge in [0.15, 0.2) is 0 Å². The molecule has 1 amide bonds. The van der Waals surface area contributed by atoms with Crippen molar-refractivity contribution in [2.45, 2.75) is 25.7 Å². The summed E-state index contributed by atoms with van der Waals surface area (Å²) in [5.41, 5.74) is 0.841. The highest BCUT2D eigenvalue weighted by Gasteiger charge is 2.28. The van der Waals surface area contributed by atoms with Gasteiger partial charge in [-0.05, 0) is 43.2 Å². The maximum absolute atomic E-state index is 12.9. The molecular weight excluding hydrogens is 374 g/mol. The van der Waals surface area contributed by atoms with E-state index in [0.717, 1.165) is 18.4 Å². The third-order valence-corrected chi connectivity index (χ3v) is 5.03. The zero-order valence-electron chi connectivity index (χ0n) is 16.2. The lowest BCUT2D eigenvalue weighted by molar-refractivity contribution is 0.0699. The van der Waals surface area contributed by atoms with E-state index in [-0.39, 0.29) is 17.5 Å². The number of amides is 1. The van der Waals surface area contributed by atoms with Gasteiger partial charge in [-0.2, -0.15) is 4.98 Å². The van der Waals surface area contributed by atoms with Gasteiger partial charge in [-0.15, -0.1) is 10.2 Å². The maximum atomic E-state index is 12.9. The van der Waals surface area contributed by atoms with Crippen LogP contribution < -0.4 is 10.4 Å². The minimum Gasteiger partial charge on any atom is -0.497 e. The second kappa shape index (κ2) is 7.86. The molecular formula is C20H21N5O4. The monoisotopic (exact) mass is 395 g/mol. The minimum atomic E-state index is -0.558. The Morgan fingerprint density at radius 3 is 2.55 bits per heavy atom. The fourth-order valence-corrected chi connectivity index (χ4v) is 3.46. The van der Waals surface area contributed by atoms with Crippen LogP contribution in [0.4, 0.5) is 0 Å². The van der Waals surface area contributed by atoms with E-state index in [1.807, 2.05) is 0 Å². The average molecular weight is 395 g/mol. The molecule has 0 spiro atoms. The number of carbonyl (C=O) groups excluding carboxylic acids is 1. The van der Waals surface area contributed by atoms with Crippen LogP contribution in [0, 0.1) is 6.92 Å². The number of rotatable bonds is 4. The minimum absolute atomic E-state index is 0.145. The number of aromatic nitrogens is 4. The zero-order valence-corrected chi connectivity index (χ0v) is 16.2. The van der Waals surface area contributed by atoms with Crippen LogP contribution in [0.3, 0.4) is 0 Å². The number of ether oxygens (including phenoxy) is 1. The number of nitrogens with zero attached hydrogens (tertiary/aromatic N) is 4. The van der Waals surface area contributed by atoms with Crippen molar-refractivity contribution >= 4 is 5.91 Å². The topological polar surface area (TPSA) is 114 Å². The Hall–Kier alpha value is -3.49. The van der Waals surface area contributed by atoms with Gasteiger partial charge in [0.05, 0.1) is 12.8 Å². The summed E-state index contributed by atoms with van der Waals surface area (Å²) >= 11 is 0. The van der Waals surface area contributed by atoms with Gasteiger partial charge >= 0.3 is 5.69 Å². The van der Waals surface area contributed by atoms with Gasteiger partial charge in [0.25, 0.3) is 5.91 Å². The van der Waals surface area contributed by atoms with Gasteiger partial charge in [0, 0.05) is 31.5 Å². The smallest absolute Gasteiger partial charge is 0.346 e. The van der Waals surface area contributed by atoms with Crippen LogP contribution in [-0.2, 0) is 0 Å². The van der Waals surface area contributed by atoms with E-state index in [4.69, 9.17) is 9.15 Å². The van der Waals surface area contributed by atoms with Crippen LogP contribution in [0.2, 0.25) is 0 Å². The molecule has 1 fully saturated rings. The van der Waals surface area contributed by atoms with Crippen LogP contribution in [0.25, 0.3) is 11.3 Å². The van der Waals surface area contributed by atoms with Crippen LogP contribution in [-0.4, -0.2) is 51.2 Å². The molecule has 1 N–H and O–H groups in total. The van der Waals surface area contributed by atoms with Gasteiger partial charge < -0.3 is 19.0 Å². The fourth-order valence-electron chi connectivity index (χ4n) is 3.46. The molecule has 1 aliphatic rings. The van der Waals surface area contributed by atoms with Crippen molar-refractivity contribution in [3.8, 4) is 17.0 Å². The summed E-state index contributed by atoms with van der Waals surface area (Å²) in [5.74, 6) is 1.79. The van der Waals surface area contributed by atoms with Crippen molar-refractivity contribution in [2.75, 3.05) is 20.2 Å². The number of H-pyrrole nitrogens is 1. The molecule has 0 saturated carbocycles. The molecule has 150 valence electrons. The molecule has 0 bridgehead atoms. The summed E-state index contributed by atoms with van der Waals surface area (Å²) in [6.07, 6.45) is 1.46. The van der Waals surface area contributed by atoms with Crippen molar-refractivity contribution in [1.29, 1.82) is 0 Å². The SMILES string of the molecule is COc1ccc(-c2cc(C(=O)N3CCC(c4nnc(C)o4)CC3)[nH]c(=O)n2)cc1. The predicted octanol–water partition coefficient (Wildman–Crippen LogP) is 2.16. The number of hydrogen-bond acceptors (Lipinski definition) is 7. The molecule has 2 aromatic heterocycles. The molecule has 0 atom stereocenters. The van der Waals surface area contributed by atoms with Gasteiger partial charge in [-0.25, -0.2) is 4.79 Å². The number of aromatic amines is 1. The summed E-state index contributed by atoms with van der Waals surface area (Å²) in [7, 11) is 1.58. The largest absolute Gasteiger partial charge is 0.497 e. The lowest BCUT2D eigenvalue weighted by atomic mass is 9.96. The van der Waals surface area contributed by atoms with Gasteiger partial charge in [0.1, 0.15) is 11.4 Å². The molecule has 9 nitrogen and oxygen atoms in total. The first-order valence-corrected chi connectivity index (χ1v) is 9.38. The predicted molar refractivity (Wildman–Crippen MR) is 104 cm³/mol. The molecule has 3 aromatic rings. The summed E-state index contributed by atoms with van der Waals surface area (Å²) in [5, 5.41) is 7.95. The molecule has 9 heteroatoms. The normalized spacial score (nSPS) is 14.8. The van der Waals surface area contributed by atoms with Crippen LogP contribution in [0.15, 0.2) is 39.5 Å². The van der Waals surface area contributed by atoms with Crippen molar-refractivity contribution < 1.29 is 13.9 Å². The Morgan fingerprint density at radius 2 is 1.93 bits per heavy atom. The van der Waals surface area contributed by atoms with E-state index < -0.39 is 5.69 Å². The van der Waals surface area contributed by atoms with E-state index in [9.17, 15) is 9.59 Å². The Kier molecular flexibility index (Phi) is 5.11. The lowest BCUT2D eigenvalue weighted by Gasteiger charge is -2.30. The van der Waals surface area contributed by atoms with E-state index in [1.54, 1.807) is 49.3 Å². The van der Waals surface area contributed by atoms with Crippen LogP contribution >= 0.6 is 0 Å². The molecule has 1 saturated heterocycles. The Morgan fingerprint density at radius 1 is 1.21 bits per heavy atom. The molecule has 4 rings (SSSR count). The van der Waals surface area contributed by atoms with Gasteiger partial charge in [0.2, 0.25) is 11.8 Å². The van der Waals surface area contributed by atoms with Gasteiger partial charge in [-0.3, -0.25) is 4.79 Å². The van der Waals surface area contributed by atoms with Crippen molar-refractivity contribution in [3.63, 3.8) is 0 Å². The van der Waals surface area contributed by atoms with Crippen molar-refractivity contribution in [3.05, 3.63) is 58.3 Å². The highest BCUT2D eigenvalue weighted by Crippen LogP contribution is 2.28. The van der Waals surface area contributed by atoms with Crippen LogP contribution in [0.1, 0.15) is 41.0 Å². The van der Waals surface area contributed by atoms with E-state index in [2.05, 4.69) is 20.2 Å². The number of likely N-dealkylation sites (tertiary alicyclic amines) is 1. The Bertz CT molecular complexity index is 1060. The summed E-state index contributed by atoms with van der Waals surface area (Å²) < 4.78 is 10.7. The summed E-state index contributed by atoms with van der Waals surface area (Å²) in [6.45, 7) is 2.86. The maximum Gasteiger partial charge on any atom is 0.346 e. The Balaban J connectivity index is 1.50. The van der Waals surface area contributed by atoms with E-state index >= 15 is 0 Å². The molecule has 0 unspecified atom stereocenters. The molecule has 0 aliphatic carbocycles. The molecule has 29 heavy (non-hydrogen) atoms. The zero-order chi connectivity index (χ0) is 20.4. The first-order valence-electron chi connectivity index (χ1n) is 9.38. The number of hydrogen-bond donors (Lipinski definition) is 1. The second-order valence-corrected chi connectivity index (χ2v) is 6.94. The standard InChI is InChI=1S/C20H21N5O4/c1-12-23-24-18(29-12)14-7-9-25(10-8-14)19(26)17-11-16(21-20(27)22-17)13-3-5-15(28-2)6-4-13/h3-6,11,14H,7-10H2,1-2H3,(H,21,22,27). The molecule has 0 radical (unpaired) electrons. The lowest BCUT2D eigenvalue weighted by Crippen LogP contribution is -2.39. The van der Waals surface area contributed by atoms with E-state index in [1.165, 1.54) is 0 Å². The number of benzene rings is 1. The Labute approximate surface area is 166 Å². The van der Waals surface area contributed by atoms with E-state index in [0.29, 0.717) is 36.3 Å². The third-order valence-electron chi connectivity index (χ3n) is 5.03. The first-order chi connectivity index (χ1) is 14.0. The van der Waals surface area contributed by atoms with Gasteiger partial charge in [-0.1, -0.05) is 0 Å². The third kappa shape index (κ3) is 4.03. The quantitative estimate of drug-likeness (QED) is 0.720. The summed E-state index contributed by atoms with van der Waals surface area (Å²) in [4.78, 5) is 33.3. The highest BCUT2D eigenvalue weighted by atomic mass is 16.5. The average Bonchev–Trinajstić information content (AvgIpc) is 3.19. The number of carbonyl (C=O) groups is 1. The summed E-state index contributed by atoms with van der Waals surface area (Å²) in [6, 6.07) is 8.77. The number of aryl methyl sites for hydroxylation is 1. The first kappa shape index (κ1) is 18.9. The highest BCUT2D eigenvalue weighted by molar-refractivity contribution is 5.93. The number of methoxy groups -OCH3 is 1. The molecule has 3 heterocycles. The fraction of sp³-hybridized carbons (Fsp3) is 0.350. The molecule has 1 aliphatic heterocycles. The van der Waals surface area contributed by atoms with Crippen molar-refractivity contribution in [2.24, 2.45) is 0 Å².